The second-order valence-electron chi connectivity index (χ2n) is 4.89. The molecular weight excluding hydrogens is 240 g/mol. The highest BCUT2D eigenvalue weighted by Crippen LogP contribution is 2.23. The van der Waals surface area contributed by atoms with Crippen molar-refractivity contribution in [2.24, 2.45) is 0 Å². The maximum absolute atomic E-state index is 3.84. The van der Waals surface area contributed by atoms with Gasteiger partial charge in [-0.25, -0.2) is 0 Å². The van der Waals surface area contributed by atoms with Crippen LogP contribution in [0.15, 0.2) is 18.7 Å². The van der Waals surface area contributed by atoms with E-state index in [9.17, 15) is 0 Å². The average molecular weight is 266 g/mol. The summed E-state index contributed by atoms with van der Waals surface area (Å²) < 4.78 is 0. The standard InChI is InChI=1S/C15H26N2S/c1-6-8-17(12(3)4)11-14-9-15(10-16-7-2)18-13(14)5/h6,9,12,16H,1,7-8,10-11H2,2-5H3. The highest BCUT2D eigenvalue weighted by atomic mass is 32.1. The van der Waals surface area contributed by atoms with E-state index in [0.717, 1.165) is 26.2 Å². The van der Waals surface area contributed by atoms with Crippen LogP contribution in [0.2, 0.25) is 0 Å². The zero-order valence-electron chi connectivity index (χ0n) is 12.1. The molecule has 0 aromatic carbocycles. The number of nitrogens with one attached hydrogen (secondary N) is 1. The van der Waals surface area contributed by atoms with Crippen LogP contribution in [0, 0.1) is 6.92 Å². The third-order valence-corrected chi connectivity index (χ3v) is 4.18. The van der Waals surface area contributed by atoms with Gasteiger partial charge in [0.25, 0.3) is 0 Å². The summed E-state index contributed by atoms with van der Waals surface area (Å²) >= 11 is 1.91. The van der Waals surface area contributed by atoms with Crippen molar-refractivity contribution in [1.82, 2.24) is 10.2 Å². The number of aryl methyl sites for hydroxylation is 1. The van der Waals surface area contributed by atoms with Gasteiger partial charge in [-0.3, -0.25) is 4.90 Å². The van der Waals surface area contributed by atoms with E-state index in [-0.39, 0.29) is 0 Å². The summed E-state index contributed by atoms with van der Waals surface area (Å²) in [6.45, 7) is 16.7. The molecule has 0 spiro atoms. The fourth-order valence-corrected chi connectivity index (χ4v) is 2.95. The van der Waals surface area contributed by atoms with Crippen molar-refractivity contribution in [2.75, 3.05) is 13.1 Å². The van der Waals surface area contributed by atoms with Crippen LogP contribution in [0.5, 0.6) is 0 Å². The summed E-state index contributed by atoms with van der Waals surface area (Å²) in [4.78, 5) is 5.32. The van der Waals surface area contributed by atoms with Gasteiger partial charge in [0.1, 0.15) is 0 Å². The summed E-state index contributed by atoms with van der Waals surface area (Å²) in [6, 6.07) is 2.90. The fourth-order valence-electron chi connectivity index (χ4n) is 1.92. The molecule has 0 saturated heterocycles. The molecule has 18 heavy (non-hydrogen) atoms. The Kier molecular flexibility index (Phi) is 6.61. The quantitative estimate of drug-likeness (QED) is 0.724. The minimum atomic E-state index is 0.555. The third-order valence-electron chi connectivity index (χ3n) is 3.09. The van der Waals surface area contributed by atoms with E-state index in [1.54, 1.807) is 0 Å². The first-order chi connectivity index (χ1) is 8.58. The molecule has 0 aliphatic carbocycles. The van der Waals surface area contributed by atoms with E-state index in [0.29, 0.717) is 6.04 Å². The van der Waals surface area contributed by atoms with E-state index >= 15 is 0 Å². The van der Waals surface area contributed by atoms with Crippen LogP contribution >= 0.6 is 11.3 Å². The van der Waals surface area contributed by atoms with Crippen LogP contribution in [0.3, 0.4) is 0 Å². The van der Waals surface area contributed by atoms with E-state index < -0.39 is 0 Å². The second-order valence-corrected chi connectivity index (χ2v) is 6.23. The van der Waals surface area contributed by atoms with Crippen LogP contribution in [-0.4, -0.2) is 24.0 Å². The SMILES string of the molecule is C=CCN(Cc1cc(CNCC)sc1C)C(C)C. The molecule has 0 fully saturated rings. The molecule has 1 aromatic rings. The van der Waals surface area contributed by atoms with Crippen molar-refractivity contribution < 1.29 is 0 Å². The Bertz CT molecular complexity index is 369. The van der Waals surface area contributed by atoms with E-state index in [1.807, 2.05) is 17.4 Å². The van der Waals surface area contributed by atoms with Gasteiger partial charge >= 0.3 is 0 Å². The summed E-state index contributed by atoms with van der Waals surface area (Å²) in [6.07, 6.45) is 1.99. The smallest absolute Gasteiger partial charge is 0.0299 e. The maximum atomic E-state index is 3.84. The topological polar surface area (TPSA) is 15.3 Å². The van der Waals surface area contributed by atoms with Gasteiger partial charge in [0.05, 0.1) is 0 Å². The van der Waals surface area contributed by atoms with Gasteiger partial charge in [0, 0.05) is 35.4 Å². The molecule has 1 heterocycles. The first-order valence-electron chi connectivity index (χ1n) is 6.72. The number of thiophene rings is 1. The third kappa shape index (κ3) is 4.56. The molecule has 0 bridgehead atoms. The van der Waals surface area contributed by atoms with Gasteiger partial charge in [0.2, 0.25) is 0 Å². The van der Waals surface area contributed by atoms with Crippen LogP contribution in [0.1, 0.15) is 36.1 Å². The van der Waals surface area contributed by atoms with Gasteiger partial charge in [-0.1, -0.05) is 13.0 Å². The van der Waals surface area contributed by atoms with Crippen molar-refractivity contribution in [3.8, 4) is 0 Å². The average Bonchev–Trinajstić information content (AvgIpc) is 2.67. The molecule has 0 atom stereocenters. The number of nitrogens with zero attached hydrogens (tertiary/aromatic N) is 1. The monoisotopic (exact) mass is 266 g/mol. The fraction of sp³-hybridized carbons (Fsp3) is 0.600. The lowest BCUT2D eigenvalue weighted by atomic mass is 10.2. The van der Waals surface area contributed by atoms with Gasteiger partial charge in [0.15, 0.2) is 0 Å². The van der Waals surface area contributed by atoms with E-state index in [4.69, 9.17) is 0 Å². The molecular formula is C15H26N2S. The lowest BCUT2D eigenvalue weighted by Crippen LogP contribution is -2.30. The molecule has 0 saturated carbocycles. The van der Waals surface area contributed by atoms with Gasteiger partial charge in [-0.05, 0) is 38.9 Å². The van der Waals surface area contributed by atoms with E-state index in [2.05, 4.69) is 50.6 Å². The minimum Gasteiger partial charge on any atom is -0.312 e. The molecule has 102 valence electrons. The van der Waals surface area contributed by atoms with Crippen molar-refractivity contribution >= 4 is 11.3 Å². The number of hydrogen-bond donors (Lipinski definition) is 1. The zero-order valence-corrected chi connectivity index (χ0v) is 12.9. The summed E-state index contributed by atoms with van der Waals surface area (Å²) in [5.41, 5.74) is 1.46. The van der Waals surface area contributed by atoms with Gasteiger partial charge in [-0.2, -0.15) is 0 Å². The Hall–Kier alpha value is -0.640. The molecule has 0 aliphatic heterocycles. The Labute approximate surface area is 116 Å². The Morgan fingerprint density at radius 2 is 2.22 bits per heavy atom. The Balaban J connectivity index is 2.70. The van der Waals surface area contributed by atoms with Gasteiger partial charge in [-0.15, -0.1) is 17.9 Å². The predicted octanol–water partition coefficient (Wildman–Crippen LogP) is 3.56. The molecule has 0 aliphatic rings. The van der Waals surface area contributed by atoms with E-state index in [1.165, 1.54) is 15.3 Å². The highest BCUT2D eigenvalue weighted by Gasteiger charge is 2.12. The van der Waals surface area contributed by atoms with Crippen LogP contribution in [0.4, 0.5) is 0 Å². The molecule has 1 rings (SSSR count). The zero-order chi connectivity index (χ0) is 13.5. The molecule has 3 heteroatoms. The Morgan fingerprint density at radius 1 is 1.50 bits per heavy atom. The lowest BCUT2D eigenvalue weighted by Gasteiger charge is -2.24. The van der Waals surface area contributed by atoms with Crippen LogP contribution < -0.4 is 5.32 Å². The summed E-state index contributed by atoms with van der Waals surface area (Å²) in [5.74, 6) is 0. The lowest BCUT2D eigenvalue weighted by molar-refractivity contribution is 0.237. The normalized spacial score (nSPS) is 11.4. The molecule has 1 N–H and O–H groups in total. The Morgan fingerprint density at radius 3 is 2.78 bits per heavy atom. The van der Waals surface area contributed by atoms with Crippen molar-refractivity contribution in [2.45, 2.75) is 46.8 Å². The molecule has 0 unspecified atom stereocenters. The summed E-state index contributed by atoms with van der Waals surface area (Å²) in [5, 5.41) is 3.39. The first kappa shape index (κ1) is 15.4. The summed E-state index contributed by atoms with van der Waals surface area (Å²) in [7, 11) is 0. The molecule has 2 nitrogen and oxygen atoms in total. The van der Waals surface area contributed by atoms with Crippen molar-refractivity contribution in [3.63, 3.8) is 0 Å². The molecule has 0 radical (unpaired) electrons. The first-order valence-corrected chi connectivity index (χ1v) is 7.54. The molecule has 0 amide bonds. The van der Waals surface area contributed by atoms with Crippen molar-refractivity contribution in [3.05, 3.63) is 34.0 Å². The molecule has 1 aromatic heterocycles. The largest absolute Gasteiger partial charge is 0.312 e. The van der Waals surface area contributed by atoms with Crippen LogP contribution in [0.25, 0.3) is 0 Å². The van der Waals surface area contributed by atoms with Crippen molar-refractivity contribution in [1.29, 1.82) is 0 Å². The van der Waals surface area contributed by atoms with Gasteiger partial charge < -0.3 is 5.32 Å². The second kappa shape index (κ2) is 7.72. The maximum Gasteiger partial charge on any atom is 0.0299 e. The number of hydrogen-bond acceptors (Lipinski definition) is 3. The predicted molar refractivity (Wildman–Crippen MR) is 82.2 cm³/mol. The number of rotatable bonds is 8. The minimum absolute atomic E-state index is 0.555. The van der Waals surface area contributed by atoms with Crippen LogP contribution in [-0.2, 0) is 13.1 Å². The highest BCUT2D eigenvalue weighted by molar-refractivity contribution is 7.12.